The van der Waals surface area contributed by atoms with Crippen molar-refractivity contribution in [3.8, 4) is 0 Å². The molecule has 3 N–H and O–H groups in total. The lowest BCUT2D eigenvalue weighted by atomic mass is 10.0. The van der Waals surface area contributed by atoms with Gasteiger partial charge in [0.1, 0.15) is 0 Å². The highest BCUT2D eigenvalue weighted by Crippen LogP contribution is 2.33. The third-order valence-corrected chi connectivity index (χ3v) is 3.10. The van der Waals surface area contributed by atoms with Crippen LogP contribution in [-0.2, 0) is 14.4 Å². The lowest BCUT2D eigenvalue weighted by Gasteiger charge is -2.21. The van der Waals surface area contributed by atoms with Crippen molar-refractivity contribution in [1.82, 2.24) is 0 Å². The van der Waals surface area contributed by atoms with E-state index >= 15 is 0 Å². The summed E-state index contributed by atoms with van der Waals surface area (Å²) in [6.45, 7) is 0. The number of carboxylic acid groups (broad SMARTS) is 1. The van der Waals surface area contributed by atoms with Crippen LogP contribution < -0.4 is 5.73 Å². The summed E-state index contributed by atoms with van der Waals surface area (Å²) in [5.41, 5.74) is 3.58. The number of oxime groups is 1. The summed E-state index contributed by atoms with van der Waals surface area (Å²) in [4.78, 5) is 27.7. The van der Waals surface area contributed by atoms with E-state index in [1.165, 1.54) is 12.3 Å². The highest BCUT2D eigenvalue weighted by atomic mass is 16.7. The monoisotopic (exact) mass is 266 g/mol. The number of hydrogen-bond acceptors (Lipinski definition) is 5. The number of primary amides is 1. The molecule has 1 amide bonds. The second-order valence-electron chi connectivity index (χ2n) is 4.38. The van der Waals surface area contributed by atoms with Gasteiger partial charge in [0.05, 0.1) is 6.26 Å². The second-order valence-corrected chi connectivity index (χ2v) is 4.38. The maximum Gasteiger partial charge on any atom is 0.350 e. The Hall–Kier alpha value is -2.31. The molecule has 1 aliphatic carbocycles. The van der Waals surface area contributed by atoms with Crippen molar-refractivity contribution < 1.29 is 24.0 Å². The third-order valence-electron chi connectivity index (χ3n) is 3.10. The molecule has 102 valence electrons. The lowest BCUT2D eigenvalue weighted by molar-refractivity contribution is -0.165. The van der Waals surface area contributed by atoms with E-state index in [2.05, 4.69) is 5.16 Å². The molecular formula is C12H14N2O5. The normalized spacial score (nSPS) is 18.2. The first-order valence-electron chi connectivity index (χ1n) is 5.88. The molecule has 1 aromatic heterocycles. The summed E-state index contributed by atoms with van der Waals surface area (Å²) in [5, 5.41) is 12.8. The van der Waals surface area contributed by atoms with Crippen molar-refractivity contribution in [2.24, 2.45) is 10.9 Å². The van der Waals surface area contributed by atoms with Crippen molar-refractivity contribution in [2.75, 3.05) is 0 Å². The van der Waals surface area contributed by atoms with Crippen molar-refractivity contribution in [3.05, 3.63) is 24.2 Å². The first kappa shape index (κ1) is 13.1. The molecule has 0 saturated heterocycles. The Morgan fingerprint density at radius 1 is 1.42 bits per heavy atom. The topological polar surface area (TPSA) is 115 Å². The summed E-state index contributed by atoms with van der Waals surface area (Å²) in [5.74, 6) is -1.78. The predicted molar refractivity (Wildman–Crippen MR) is 64.4 cm³/mol. The zero-order valence-electron chi connectivity index (χ0n) is 10.2. The van der Waals surface area contributed by atoms with Gasteiger partial charge >= 0.3 is 5.97 Å². The maximum absolute atomic E-state index is 11.3. The minimum absolute atomic E-state index is 0.144. The molecule has 1 heterocycles. The average molecular weight is 266 g/mol. The number of nitrogens with zero attached hydrogens (tertiary/aromatic N) is 1. The predicted octanol–water partition coefficient (Wildman–Crippen LogP) is 0.883. The van der Waals surface area contributed by atoms with Crippen LogP contribution in [0.15, 0.2) is 28.0 Å². The highest BCUT2D eigenvalue weighted by molar-refractivity contribution is 6.43. The Balaban J connectivity index is 2.23. The van der Waals surface area contributed by atoms with Gasteiger partial charge in [-0.15, -0.1) is 0 Å². The zero-order valence-corrected chi connectivity index (χ0v) is 10.2. The number of rotatable bonds is 5. The molecule has 0 radical (unpaired) electrons. The van der Waals surface area contributed by atoms with Gasteiger partial charge in [0, 0.05) is 12.8 Å². The van der Waals surface area contributed by atoms with Crippen LogP contribution in [0, 0.1) is 0 Å². The van der Waals surface area contributed by atoms with Crippen molar-refractivity contribution in [3.63, 3.8) is 0 Å². The van der Waals surface area contributed by atoms with E-state index in [-0.39, 0.29) is 11.5 Å². The van der Waals surface area contributed by atoms with E-state index < -0.39 is 17.5 Å². The molecule has 19 heavy (non-hydrogen) atoms. The Morgan fingerprint density at radius 2 is 2.11 bits per heavy atom. The van der Waals surface area contributed by atoms with Gasteiger partial charge in [0.2, 0.25) is 11.3 Å². The van der Waals surface area contributed by atoms with Crippen LogP contribution in [0.5, 0.6) is 0 Å². The summed E-state index contributed by atoms with van der Waals surface area (Å²) in [6, 6.07) is 3.06. The van der Waals surface area contributed by atoms with E-state index in [4.69, 9.17) is 15.0 Å². The molecule has 1 saturated carbocycles. The molecule has 2 rings (SSSR count). The molecule has 1 aliphatic rings. The van der Waals surface area contributed by atoms with Crippen molar-refractivity contribution in [1.29, 1.82) is 0 Å². The molecule has 0 aromatic carbocycles. The summed E-state index contributed by atoms with van der Waals surface area (Å²) in [7, 11) is 0. The molecule has 0 aliphatic heterocycles. The Bertz CT molecular complexity index is 500. The van der Waals surface area contributed by atoms with Crippen LogP contribution in [0.1, 0.15) is 31.4 Å². The molecule has 0 spiro atoms. The fourth-order valence-electron chi connectivity index (χ4n) is 2.05. The Kier molecular flexibility index (Phi) is 3.55. The fraction of sp³-hybridized carbons (Fsp3) is 0.417. The number of aliphatic carboxylic acids is 1. The lowest BCUT2D eigenvalue weighted by Crippen LogP contribution is -2.38. The summed E-state index contributed by atoms with van der Waals surface area (Å²) < 4.78 is 5.01. The number of furan rings is 1. The molecule has 0 unspecified atom stereocenters. The van der Waals surface area contributed by atoms with E-state index in [0.717, 1.165) is 12.8 Å². The molecular weight excluding hydrogens is 252 g/mol. The smallest absolute Gasteiger partial charge is 0.350 e. The van der Waals surface area contributed by atoms with E-state index in [0.29, 0.717) is 12.8 Å². The van der Waals surface area contributed by atoms with E-state index in [9.17, 15) is 14.7 Å². The zero-order chi connectivity index (χ0) is 13.9. The van der Waals surface area contributed by atoms with E-state index in [1.54, 1.807) is 6.07 Å². The number of carbonyl (C=O) groups excluding carboxylic acids is 1. The highest BCUT2D eigenvalue weighted by Gasteiger charge is 2.44. The van der Waals surface area contributed by atoms with Gasteiger partial charge in [-0.1, -0.05) is 5.16 Å². The number of nitrogens with two attached hydrogens (primary N) is 1. The summed E-state index contributed by atoms with van der Waals surface area (Å²) >= 11 is 0. The number of carboxylic acids is 1. The molecule has 0 bridgehead atoms. The van der Waals surface area contributed by atoms with Crippen LogP contribution >= 0.6 is 0 Å². The second kappa shape index (κ2) is 5.13. The van der Waals surface area contributed by atoms with Crippen molar-refractivity contribution in [2.45, 2.75) is 31.3 Å². The standard InChI is InChI=1S/C12H14N2O5/c13-10(15)9(8-4-3-7-18-8)14-19-12(11(16)17)5-1-2-6-12/h3-4,7H,1-2,5-6H2,(H2,13,15)(H,16,17). The first-order valence-corrected chi connectivity index (χ1v) is 5.88. The largest absolute Gasteiger partial charge is 0.478 e. The van der Waals surface area contributed by atoms with Gasteiger partial charge in [-0.25, -0.2) is 4.79 Å². The van der Waals surface area contributed by atoms with Gasteiger partial charge < -0.3 is 20.1 Å². The molecule has 7 nitrogen and oxygen atoms in total. The molecule has 0 atom stereocenters. The van der Waals surface area contributed by atoms with Crippen LogP contribution in [0.25, 0.3) is 0 Å². The van der Waals surface area contributed by atoms with Crippen LogP contribution in [0.3, 0.4) is 0 Å². The van der Waals surface area contributed by atoms with Gasteiger partial charge in [0.25, 0.3) is 5.91 Å². The average Bonchev–Trinajstić information content (AvgIpc) is 2.99. The van der Waals surface area contributed by atoms with Gasteiger partial charge in [0.15, 0.2) is 5.76 Å². The van der Waals surface area contributed by atoms with Crippen LogP contribution in [-0.4, -0.2) is 28.3 Å². The SMILES string of the molecule is NC(=O)C(=NOC1(C(=O)O)CCCC1)c1ccco1. The molecule has 7 heteroatoms. The fourth-order valence-corrected chi connectivity index (χ4v) is 2.05. The Morgan fingerprint density at radius 3 is 2.58 bits per heavy atom. The van der Waals surface area contributed by atoms with Gasteiger partial charge in [-0.3, -0.25) is 4.79 Å². The maximum atomic E-state index is 11.3. The minimum Gasteiger partial charge on any atom is -0.478 e. The van der Waals surface area contributed by atoms with Gasteiger partial charge in [-0.05, 0) is 25.0 Å². The first-order chi connectivity index (χ1) is 9.05. The quantitative estimate of drug-likeness (QED) is 0.606. The number of hydrogen-bond donors (Lipinski definition) is 2. The van der Waals surface area contributed by atoms with Crippen molar-refractivity contribution >= 4 is 17.6 Å². The van der Waals surface area contributed by atoms with Gasteiger partial charge in [-0.2, -0.15) is 0 Å². The molecule has 1 aromatic rings. The number of amides is 1. The molecule has 1 fully saturated rings. The third kappa shape index (κ3) is 2.59. The Labute approximate surface area is 109 Å². The summed E-state index contributed by atoms with van der Waals surface area (Å²) in [6.07, 6.45) is 3.56. The van der Waals surface area contributed by atoms with Crippen LogP contribution in [0.2, 0.25) is 0 Å². The minimum atomic E-state index is -1.37. The number of carbonyl (C=O) groups is 2. The van der Waals surface area contributed by atoms with E-state index in [1.807, 2.05) is 0 Å². The van der Waals surface area contributed by atoms with Crippen LogP contribution in [0.4, 0.5) is 0 Å².